The van der Waals surface area contributed by atoms with E-state index in [1.807, 2.05) is 0 Å². The fraction of sp³-hybridized carbons (Fsp3) is 1.00. The van der Waals surface area contributed by atoms with E-state index in [1.54, 1.807) is 0 Å². The van der Waals surface area contributed by atoms with Crippen molar-refractivity contribution in [3.8, 4) is 0 Å². The topological polar surface area (TPSA) is 9.23 Å². The molecule has 0 aliphatic rings. The first-order chi connectivity index (χ1) is 7.46. The summed E-state index contributed by atoms with van der Waals surface area (Å²) in [5.74, 6) is -16.9. The molecule has 1 unspecified atom stereocenters. The molecule has 0 saturated carbocycles. The van der Waals surface area contributed by atoms with Crippen LogP contribution in [0.3, 0.4) is 0 Å². The molecule has 0 bridgehead atoms. The Hall–Kier alpha value is -0.670. The highest BCUT2D eigenvalue weighted by atomic mass is 19.4. The van der Waals surface area contributed by atoms with Gasteiger partial charge in [0.25, 0.3) is 0 Å². The maximum absolute atomic E-state index is 13.4. The summed E-state index contributed by atoms with van der Waals surface area (Å²) in [5, 5.41) is 0. The Kier molecular flexibility index (Phi) is 4.02. The molecule has 1 nitrogen and oxygen atoms in total. The molecule has 0 radical (unpaired) electrons. The third-order valence-electron chi connectivity index (χ3n) is 1.97. The van der Waals surface area contributed by atoms with E-state index in [-0.39, 0.29) is 13.8 Å². The Balaban J connectivity index is 5.81. The van der Waals surface area contributed by atoms with Gasteiger partial charge in [0.1, 0.15) is 0 Å². The van der Waals surface area contributed by atoms with Gasteiger partial charge < -0.3 is 0 Å². The van der Waals surface area contributed by atoms with Gasteiger partial charge in [0.15, 0.2) is 5.67 Å². The molecule has 0 aromatic rings. The highest BCUT2D eigenvalue weighted by molar-refractivity contribution is 5.03. The van der Waals surface area contributed by atoms with Gasteiger partial charge >= 0.3 is 24.1 Å². The molecule has 0 fully saturated rings. The van der Waals surface area contributed by atoms with Crippen LogP contribution in [0.15, 0.2) is 0 Å². The molecular formula is C8H9F9O. The molecule has 0 N–H and O–H groups in total. The first-order valence-corrected chi connectivity index (χ1v) is 4.36. The highest BCUT2D eigenvalue weighted by Crippen LogP contribution is 2.53. The lowest BCUT2D eigenvalue weighted by Gasteiger charge is -2.41. The van der Waals surface area contributed by atoms with Gasteiger partial charge in [-0.1, -0.05) is 0 Å². The average molecular weight is 292 g/mol. The summed E-state index contributed by atoms with van der Waals surface area (Å²) in [6, 6.07) is 0. The predicted molar refractivity (Wildman–Crippen MR) is 41.7 cm³/mol. The van der Waals surface area contributed by atoms with E-state index in [4.69, 9.17) is 0 Å². The second-order valence-electron chi connectivity index (χ2n) is 4.08. The lowest BCUT2D eigenvalue weighted by atomic mass is 9.91. The summed E-state index contributed by atoms with van der Waals surface area (Å²) in [5.41, 5.74) is -4.01. The van der Waals surface area contributed by atoms with Crippen LogP contribution in [0.4, 0.5) is 39.5 Å². The van der Waals surface area contributed by atoms with Gasteiger partial charge in [0.05, 0.1) is 0 Å². The van der Waals surface area contributed by atoms with E-state index < -0.39 is 36.7 Å². The number of hydrogen-bond donors (Lipinski definition) is 0. The van der Waals surface area contributed by atoms with E-state index in [9.17, 15) is 39.5 Å². The Morgan fingerprint density at radius 1 is 0.667 bits per heavy atom. The molecule has 0 spiro atoms. The molecular weight excluding hydrogens is 283 g/mol. The van der Waals surface area contributed by atoms with Crippen LogP contribution >= 0.6 is 0 Å². The Labute approximate surface area is 95.9 Å². The van der Waals surface area contributed by atoms with Crippen molar-refractivity contribution in [1.82, 2.24) is 0 Å². The Morgan fingerprint density at radius 2 is 1.00 bits per heavy atom. The zero-order valence-corrected chi connectivity index (χ0v) is 9.31. The molecule has 0 aliphatic heterocycles. The first kappa shape index (κ1) is 17.3. The molecule has 0 amide bonds. The molecule has 18 heavy (non-hydrogen) atoms. The highest BCUT2D eigenvalue weighted by Gasteiger charge is 2.77. The number of rotatable bonds is 4. The fourth-order valence-electron chi connectivity index (χ4n) is 0.971. The summed E-state index contributed by atoms with van der Waals surface area (Å²) in [4.78, 5) is 0. The average Bonchev–Trinajstić information content (AvgIpc) is 1.95. The van der Waals surface area contributed by atoms with E-state index in [0.717, 1.165) is 0 Å². The van der Waals surface area contributed by atoms with Crippen molar-refractivity contribution < 1.29 is 44.3 Å². The molecule has 0 heterocycles. The number of halogens is 9. The minimum Gasteiger partial charge on any atom is -0.242 e. The molecule has 0 aromatic heterocycles. The van der Waals surface area contributed by atoms with E-state index in [2.05, 4.69) is 4.74 Å². The Bertz CT molecular complexity index is 297. The molecule has 10 heteroatoms. The fourth-order valence-corrected chi connectivity index (χ4v) is 0.971. The normalized spacial score (nSPS) is 18.7. The van der Waals surface area contributed by atoms with Crippen molar-refractivity contribution in [2.45, 2.75) is 50.5 Å². The van der Waals surface area contributed by atoms with Crippen LogP contribution < -0.4 is 0 Å². The molecule has 0 rings (SSSR count). The van der Waals surface area contributed by atoms with Gasteiger partial charge in [-0.25, -0.2) is 17.9 Å². The van der Waals surface area contributed by atoms with Gasteiger partial charge in [-0.05, 0) is 13.8 Å². The number of alkyl halides is 9. The van der Waals surface area contributed by atoms with Crippen LogP contribution in [0.25, 0.3) is 0 Å². The van der Waals surface area contributed by atoms with Crippen LogP contribution in [0.5, 0.6) is 0 Å². The van der Waals surface area contributed by atoms with Crippen LogP contribution in [0.1, 0.15) is 20.8 Å². The molecule has 0 aromatic carbocycles. The minimum atomic E-state index is -6.14. The second kappa shape index (κ2) is 4.17. The maximum atomic E-state index is 13.4. The SMILES string of the molecule is CC(C)(F)C(F)(F)C(F)(OC(F)(F)F)C(C)(F)F. The van der Waals surface area contributed by atoms with E-state index in [1.165, 1.54) is 0 Å². The van der Waals surface area contributed by atoms with Gasteiger partial charge in [-0.15, -0.1) is 13.2 Å². The van der Waals surface area contributed by atoms with E-state index in [0.29, 0.717) is 0 Å². The summed E-state index contributed by atoms with van der Waals surface area (Å²) < 4.78 is 115. The molecule has 1 atom stereocenters. The van der Waals surface area contributed by atoms with Crippen LogP contribution in [0, 0.1) is 0 Å². The van der Waals surface area contributed by atoms with Crippen molar-refractivity contribution in [2.24, 2.45) is 0 Å². The summed E-state index contributed by atoms with van der Waals surface area (Å²) >= 11 is 0. The van der Waals surface area contributed by atoms with Crippen LogP contribution in [-0.2, 0) is 4.74 Å². The smallest absolute Gasteiger partial charge is 0.242 e. The number of ether oxygens (including phenoxy) is 1. The molecule has 0 saturated heterocycles. The van der Waals surface area contributed by atoms with Gasteiger partial charge in [-0.3, -0.25) is 0 Å². The van der Waals surface area contributed by atoms with Crippen molar-refractivity contribution in [2.75, 3.05) is 0 Å². The summed E-state index contributed by atoms with van der Waals surface area (Å²) in [6.07, 6.45) is -6.14. The largest absolute Gasteiger partial charge is 0.525 e. The predicted octanol–water partition coefficient (Wildman–Crippen LogP) is 4.23. The molecule has 110 valence electrons. The zero-order valence-electron chi connectivity index (χ0n) is 9.31. The van der Waals surface area contributed by atoms with Gasteiger partial charge in [-0.2, -0.15) is 13.2 Å². The summed E-state index contributed by atoms with van der Waals surface area (Å²) in [7, 11) is 0. The van der Waals surface area contributed by atoms with Gasteiger partial charge in [0.2, 0.25) is 0 Å². The van der Waals surface area contributed by atoms with Crippen molar-refractivity contribution in [1.29, 1.82) is 0 Å². The number of hydrogen-bond acceptors (Lipinski definition) is 1. The van der Waals surface area contributed by atoms with Gasteiger partial charge in [0, 0.05) is 6.92 Å². The second-order valence-corrected chi connectivity index (χ2v) is 4.08. The maximum Gasteiger partial charge on any atom is 0.525 e. The van der Waals surface area contributed by atoms with E-state index >= 15 is 0 Å². The monoisotopic (exact) mass is 292 g/mol. The first-order valence-electron chi connectivity index (χ1n) is 4.36. The van der Waals surface area contributed by atoms with Crippen LogP contribution in [-0.4, -0.2) is 29.7 Å². The Morgan fingerprint density at radius 3 is 1.17 bits per heavy atom. The quantitative estimate of drug-likeness (QED) is 0.705. The summed E-state index contributed by atoms with van der Waals surface area (Å²) in [6.45, 7) is -0.669. The van der Waals surface area contributed by atoms with Crippen molar-refractivity contribution in [3.05, 3.63) is 0 Å². The molecule has 0 aliphatic carbocycles. The third-order valence-corrected chi connectivity index (χ3v) is 1.97. The lowest BCUT2D eigenvalue weighted by molar-refractivity contribution is -0.475. The minimum absolute atomic E-state index is 0.0488. The lowest BCUT2D eigenvalue weighted by Crippen LogP contribution is -2.66. The van der Waals surface area contributed by atoms with Crippen molar-refractivity contribution in [3.63, 3.8) is 0 Å². The van der Waals surface area contributed by atoms with Crippen LogP contribution in [0.2, 0.25) is 0 Å². The van der Waals surface area contributed by atoms with Crippen molar-refractivity contribution >= 4 is 0 Å². The zero-order chi connectivity index (χ0) is 15.2. The third kappa shape index (κ3) is 3.01. The standard InChI is InChI=1S/C8H9F9O/c1-4(2,9)6(12,13)7(14,5(3,10)11)18-8(15,16)17/h1-3H3.